The highest BCUT2D eigenvalue weighted by Gasteiger charge is 2.19. The summed E-state index contributed by atoms with van der Waals surface area (Å²) in [5, 5.41) is 13.4. The van der Waals surface area contributed by atoms with Gasteiger partial charge in [-0.15, -0.1) is 10.2 Å². The molecule has 2 aromatic rings. The molecular formula is C15H22N6O2. The van der Waals surface area contributed by atoms with Crippen molar-refractivity contribution >= 4 is 17.5 Å². The molecule has 2 amide bonds. The first-order chi connectivity index (χ1) is 10.9. The third-order valence-corrected chi connectivity index (χ3v) is 3.55. The lowest BCUT2D eigenvalue weighted by molar-refractivity contribution is -0.127. The van der Waals surface area contributed by atoms with Crippen LogP contribution in [0.1, 0.15) is 32.6 Å². The lowest BCUT2D eigenvalue weighted by Crippen LogP contribution is -2.47. The van der Waals surface area contributed by atoms with Crippen LogP contribution in [0.25, 0.3) is 5.65 Å². The predicted octanol–water partition coefficient (Wildman–Crippen LogP) is 0.00600. The molecule has 23 heavy (non-hydrogen) atoms. The third-order valence-electron chi connectivity index (χ3n) is 3.55. The fraction of sp³-hybridized carbons (Fsp3) is 0.467. The first-order valence-corrected chi connectivity index (χ1v) is 7.52. The van der Waals surface area contributed by atoms with Gasteiger partial charge >= 0.3 is 0 Å². The standard InChI is InChI=1S/C15H22N6O2/c1-9(2)13(16)15(23)17-8-12(22)18-10(3)14-20-19-11-6-4-5-7-21(11)14/h4-7,9-10,13H,8,16H2,1-3H3,(H,17,23)(H,18,22)/t10?,13-/m0/s1. The number of amides is 2. The van der Waals surface area contributed by atoms with E-state index in [0.717, 1.165) is 0 Å². The molecule has 8 nitrogen and oxygen atoms in total. The van der Waals surface area contributed by atoms with Crippen LogP contribution in [0, 0.1) is 5.92 Å². The number of nitrogens with zero attached hydrogens (tertiary/aromatic N) is 3. The number of pyridine rings is 1. The van der Waals surface area contributed by atoms with Crippen LogP contribution >= 0.6 is 0 Å². The Labute approximate surface area is 134 Å². The van der Waals surface area contributed by atoms with Gasteiger partial charge in [0.25, 0.3) is 0 Å². The van der Waals surface area contributed by atoms with Crippen molar-refractivity contribution in [3.8, 4) is 0 Å². The van der Waals surface area contributed by atoms with E-state index in [1.165, 1.54) is 0 Å². The average Bonchev–Trinajstić information content (AvgIpc) is 2.95. The lowest BCUT2D eigenvalue weighted by Gasteiger charge is -2.16. The van der Waals surface area contributed by atoms with Gasteiger partial charge in [0.15, 0.2) is 11.5 Å². The van der Waals surface area contributed by atoms with Crippen LogP contribution in [0.15, 0.2) is 24.4 Å². The van der Waals surface area contributed by atoms with Crippen LogP contribution in [-0.2, 0) is 9.59 Å². The maximum atomic E-state index is 12.0. The summed E-state index contributed by atoms with van der Waals surface area (Å²) in [7, 11) is 0. The van der Waals surface area contributed by atoms with Gasteiger partial charge in [-0.3, -0.25) is 14.0 Å². The number of carbonyl (C=O) groups excluding carboxylic acids is 2. The zero-order chi connectivity index (χ0) is 17.0. The van der Waals surface area contributed by atoms with E-state index in [-0.39, 0.29) is 30.3 Å². The normalized spacial score (nSPS) is 13.8. The molecule has 0 fully saturated rings. The predicted molar refractivity (Wildman–Crippen MR) is 85.4 cm³/mol. The van der Waals surface area contributed by atoms with E-state index >= 15 is 0 Å². The molecule has 2 heterocycles. The molecule has 2 aromatic heterocycles. The number of carbonyl (C=O) groups is 2. The van der Waals surface area contributed by atoms with E-state index in [1.807, 2.05) is 45.2 Å². The van der Waals surface area contributed by atoms with Gasteiger partial charge in [-0.2, -0.15) is 0 Å². The van der Waals surface area contributed by atoms with Gasteiger partial charge < -0.3 is 16.4 Å². The van der Waals surface area contributed by atoms with Gasteiger partial charge in [-0.25, -0.2) is 0 Å². The third kappa shape index (κ3) is 4.04. The molecular weight excluding hydrogens is 296 g/mol. The summed E-state index contributed by atoms with van der Waals surface area (Å²) >= 11 is 0. The Hall–Kier alpha value is -2.48. The van der Waals surface area contributed by atoms with E-state index in [1.54, 1.807) is 4.40 Å². The Balaban J connectivity index is 1.91. The van der Waals surface area contributed by atoms with Crippen molar-refractivity contribution in [2.24, 2.45) is 11.7 Å². The summed E-state index contributed by atoms with van der Waals surface area (Å²) in [6.07, 6.45) is 1.83. The second-order valence-corrected chi connectivity index (χ2v) is 5.76. The molecule has 0 aliphatic carbocycles. The number of nitrogens with one attached hydrogen (secondary N) is 2. The van der Waals surface area contributed by atoms with E-state index in [0.29, 0.717) is 11.5 Å². The molecule has 0 aliphatic heterocycles. The zero-order valence-corrected chi connectivity index (χ0v) is 13.5. The van der Waals surface area contributed by atoms with Crippen molar-refractivity contribution in [2.75, 3.05) is 6.54 Å². The Morgan fingerprint density at radius 1 is 1.26 bits per heavy atom. The van der Waals surface area contributed by atoms with Gasteiger partial charge in [-0.1, -0.05) is 19.9 Å². The number of hydrogen-bond donors (Lipinski definition) is 3. The number of fused-ring (bicyclic) bond motifs is 1. The summed E-state index contributed by atoms with van der Waals surface area (Å²) < 4.78 is 1.80. The van der Waals surface area contributed by atoms with Crippen LogP contribution in [0.2, 0.25) is 0 Å². The van der Waals surface area contributed by atoms with Crippen molar-refractivity contribution in [1.29, 1.82) is 0 Å². The van der Waals surface area contributed by atoms with Crippen molar-refractivity contribution in [3.63, 3.8) is 0 Å². The topological polar surface area (TPSA) is 114 Å². The van der Waals surface area contributed by atoms with Crippen molar-refractivity contribution in [2.45, 2.75) is 32.9 Å². The van der Waals surface area contributed by atoms with Crippen LogP contribution in [0.5, 0.6) is 0 Å². The second-order valence-electron chi connectivity index (χ2n) is 5.76. The minimum absolute atomic E-state index is 0.0133. The minimum Gasteiger partial charge on any atom is -0.346 e. The summed E-state index contributed by atoms with van der Waals surface area (Å²) in [5.41, 5.74) is 6.43. The van der Waals surface area contributed by atoms with E-state index < -0.39 is 6.04 Å². The molecule has 0 aromatic carbocycles. The quantitative estimate of drug-likeness (QED) is 0.694. The van der Waals surface area contributed by atoms with Gasteiger partial charge in [0.05, 0.1) is 18.6 Å². The molecule has 0 bridgehead atoms. The maximum Gasteiger partial charge on any atom is 0.239 e. The zero-order valence-electron chi connectivity index (χ0n) is 13.5. The van der Waals surface area contributed by atoms with Crippen molar-refractivity contribution in [1.82, 2.24) is 25.2 Å². The molecule has 124 valence electrons. The monoisotopic (exact) mass is 318 g/mol. The van der Waals surface area contributed by atoms with Crippen LogP contribution in [0.4, 0.5) is 0 Å². The fourth-order valence-corrected chi connectivity index (χ4v) is 2.10. The minimum atomic E-state index is -0.624. The summed E-state index contributed by atoms with van der Waals surface area (Å²) in [5.74, 6) is -0.0104. The SMILES string of the molecule is CC(NC(=O)CNC(=O)[C@@H](N)C(C)C)c1nnc2ccccn12. The van der Waals surface area contributed by atoms with Crippen LogP contribution < -0.4 is 16.4 Å². The van der Waals surface area contributed by atoms with Gasteiger partial charge in [-0.05, 0) is 25.0 Å². The molecule has 4 N–H and O–H groups in total. The number of aromatic nitrogens is 3. The van der Waals surface area contributed by atoms with Gasteiger partial charge in [0.1, 0.15) is 0 Å². The molecule has 8 heteroatoms. The molecule has 0 aliphatic rings. The van der Waals surface area contributed by atoms with Gasteiger partial charge in [0.2, 0.25) is 11.8 Å². The first-order valence-electron chi connectivity index (χ1n) is 7.52. The molecule has 0 spiro atoms. The van der Waals surface area contributed by atoms with Crippen LogP contribution in [-0.4, -0.2) is 39.0 Å². The maximum absolute atomic E-state index is 12.0. The highest BCUT2D eigenvalue weighted by atomic mass is 16.2. The summed E-state index contributed by atoms with van der Waals surface area (Å²) in [6, 6.07) is 4.60. The summed E-state index contributed by atoms with van der Waals surface area (Å²) in [6.45, 7) is 5.38. The molecule has 1 unspecified atom stereocenters. The molecule has 2 rings (SSSR count). The molecule has 0 saturated carbocycles. The van der Waals surface area contributed by atoms with Crippen molar-refractivity contribution in [3.05, 3.63) is 30.2 Å². The molecule has 0 radical (unpaired) electrons. The number of nitrogens with two attached hydrogens (primary N) is 1. The highest BCUT2D eigenvalue weighted by Crippen LogP contribution is 2.11. The second kappa shape index (κ2) is 7.19. The summed E-state index contributed by atoms with van der Waals surface area (Å²) in [4.78, 5) is 23.7. The van der Waals surface area contributed by atoms with E-state index in [2.05, 4.69) is 20.8 Å². The first kappa shape index (κ1) is 16.9. The van der Waals surface area contributed by atoms with Crippen LogP contribution in [0.3, 0.4) is 0 Å². The smallest absolute Gasteiger partial charge is 0.239 e. The highest BCUT2D eigenvalue weighted by molar-refractivity contribution is 5.87. The molecule has 0 saturated heterocycles. The Kier molecular flexibility index (Phi) is 5.28. The lowest BCUT2D eigenvalue weighted by atomic mass is 10.1. The molecule has 2 atom stereocenters. The van der Waals surface area contributed by atoms with E-state index in [9.17, 15) is 9.59 Å². The fourth-order valence-electron chi connectivity index (χ4n) is 2.10. The largest absolute Gasteiger partial charge is 0.346 e. The average molecular weight is 318 g/mol. The Bertz CT molecular complexity index is 696. The number of rotatable bonds is 6. The Morgan fingerprint density at radius 3 is 2.70 bits per heavy atom. The number of hydrogen-bond acceptors (Lipinski definition) is 5. The van der Waals surface area contributed by atoms with Crippen molar-refractivity contribution < 1.29 is 9.59 Å². The van der Waals surface area contributed by atoms with Gasteiger partial charge in [0, 0.05) is 6.20 Å². The Morgan fingerprint density at radius 2 is 2.00 bits per heavy atom. The van der Waals surface area contributed by atoms with E-state index in [4.69, 9.17) is 5.73 Å².